The Kier molecular flexibility index (Phi) is 4.66. The van der Waals surface area contributed by atoms with Crippen LogP contribution in [0.15, 0.2) is 12.1 Å². The highest BCUT2D eigenvalue weighted by Crippen LogP contribution is 2.30. The number of likely N-dealkylation sites (N-methyl/N-ethyl adjacent to an activating group) is 1. The molecule has 1 aromatic rings. The lowest BCUT2D eigenvalue weighted by atomic mass is 10.0. The third-order valence-electron chi connectivity index (χ3n) is 3.69. The van der Waals surface area contributed by atoms with E-state index in [1.165, 1.54) is 0 Å². The summed E-state index contributed by atoms with van der Waals surface area (Å²) in [5.74, 6) is 0.812. The molecule has 0 bridgehead atoms. The van der Waals surface area contributed by atoms with Gasteiger partial charge in [-0.15, -0.1) is 0 Å². The third-order valence-corrected chi connectivity index (χ3v) is 4.04. The molecule has 106 valence electrons. The molecule has 0 unspecified atom stereocenters. The lowest BCUT2D eigenvalue weighted by Gasteiger charge is -2.28. The highest BCUT2D eigenvalue weighted by atomic mass is 35.5. The smallest absolute Gasteiger partial charge is 0.126 e. The van der Waals surface area contributed by atoms with Gasteiger partial charge in [-0.1, -0.05) is 24.4 Å². The fourth-order valence-electron chi connectivity index (χ4n) is 2.74. The number of nitrogens with zero attached hydrogens (tertiary/aromatic N) is 2. The average Bonchev–Trinajstić information content (AvgIpc) is 2.78. The van der Waals surface area contributed by atoms with Gasteiger partial charge >= 0.3 is 0 Å². The van der Waals surface area contributed by atoms with Crippen LogP contribution >= 0.6 is 11.6 Å². The number of hydrogen-bond donors (Lipinski definition) is 2. The molecule has 0 amide bonds. The molecular formula is C14H22ClN3O. The fourth-order valence-corrected chi connectivity index (χ4v) is 2.90. The number of pyridine rings is 1. The highest BCUT2D eigenvalue weighted by molar-refractivity contribution is 6.31. The van der Waals surface area contributed by atoms with E-state index in [4.69, 9.17) is 11.6 Å². The zero-order chi connectivity index (χ0) is 13.9. The molecule has 0 spiro atoms. The Morgan fingerprint density at radius 2 is 2.11 bits per heavy atom. The first-order chi connectivity index (χ1) is 9.02. The molecule has 2 N–H and O–H groups in total. The van der Waals surface area contributed by atoms with Gasteiger partial charge in [0, 0.05) is 20.1 Å². The third kappa shape index (κ3) is 3.81. The molecule has 0 radical (unpaired) electrons. The minimum atomic E-state index is -0.526. The molecule has 0 aliphatic heterocycles. The molecule has 1 aliphatic rings. The normalized spacial score (nSPS) is 17.9. The molecule has 1 fully saturated rings. The number of nitrogens with one attached hydrogen (secondary N) is 1. The van der Waals surface area contributed by atoms with Crippen molar-refractivity contribution in [2.45, 2.75) is 37.8 Å². The largest absolute Gasteiger partial charge is 0.389 e. The summed E-state index contributed by atoms with van der Waals surface area (Å²) < 4.78 is 0. The van der Waals surface area contributed by atoms with Crippen LogP contribution in [0.4, 0.5) is 5.82 Å². The molecule has 5 heteroatoms. The number of anilines is 1. The first-order valence-corrected chi connectivity index (χ1v) is 7.14. The number of rotatable bonds is 5. The Morgan fingerprint density at radius 1 is 1.42 bits per heavy atom. The van der Waals surface area contributed by atoms with Crippen molar-refractivity contribution in [3.05, 3.63) is 22.8 Å². The van der Waals surface area contributed by atoms with Crippen molar-refractivity contribution in [3.63, 3.8) is 0 Å². The van der Waals surface area contributed by atoms with Gasteiger partial charge in [0.15, 0.2) is 0 Å². The molecule has 0 aromatic carbocycles. The van der Waals surface area contributed by atoms with Crippen LogP contribution in [0.25, 0.3) is 0 Å². The van der Waals surface area contributed by atoms with Gasteiger partial charge < -0.3 is 10.4 Å². The van der Waals surface area contributed by atoms with E-state index in [9.17, 15) is 5.11 Å². The van der Waals surface area contributed by atoms with E-state index >= 15 is 0 Å². The Bertz CT molecular complexity index is 433. The number of halogens is 1. The molecule has 0 saturated heterocycles. The van der Waals surface area contributed by atoms with Crippen molar-refractivity contribution in [2.75, 3.05) is 26.0 Å². The summed E-state index contributed by atoms with van der Waals surface area (Å²) in [4.78, 5) is 6.56. The molecule has 1 aromatic heterocycles. The molecule has 19 heavy (non-hydrogen) atoms. The highest BCUT2D eigenvalue weighted by Gasteiger charge is 2.32. The topological polar surface area (TPSA) is 48.4 Å². The number of aromatic nitrogens is 1. The summed E-state index contributed by atoms with van der Waals surface area (Å²) in [6.07, 6.45) is 4.04. The van der Waals surface area contributed by atoms with Gasteiger partial charge in [0.2, 0.25) is 0 Å². The van der Waals surface area contributed by atoms with Gasteiger partial charge in [0.05, 0.1) is 16.3 Å². The van der Waals surface area contributed by atoms with Crippen LogP contribution in [0.2, 0.25) is 5.02 Å². The molecule has 1 heterocycles. The van der Waals surface area contributed by atoms with Gasteiger partial charge in [-0.3, -0.25) is 4.90 Å². The van der Waals surface area contributed by atoms with E-state index in [2.05, 4.69) is 15.2 Å². The summed E-state index contributed by atoms with van der Waals surface area (Å²) in [6, 6.07) is 3.71. The Labute approximate surface area is 119 Å². The van der Waals surface area contributed by atoms with Crippen molar-refractivity contribution in [2.24, 2.45) is 0 Å². The van der Waals surface area contributed by atoms with E-state index in [0.717, 1.165) is 37.2 Å². The monoisotopic (exact) mass is 283 g/mol. The molecule has 0 atom stereocenters. The Morgan fingerprint density at radius 3 is 2.74 bits per heavy atom. The number of aliphatic hydroxyl groups is 1. The maximum Gasteiger partial charge on any atom is 0.126 e. The van der Waals surface area contributed by atoms with Crippen LogP contribution in [0.5, 0.6) is 0 Å². The Hall–Kier alpha value is -0.840. The maximum absolute atomic E-state index is 10.4. The molecular weight excluding hydrogens is 262 g/mol. The van der Waals surface area contributed by atoms with Gasteiger partial charge in [0.1, 0.15) is 5.82 Å². The number of hydrogen-bond acceptors (Lipinski definition) is 4. The van der Waals surface area contributed by atoms with Gasteiger partial charge in [-0.05, 0) is 32.0 Å². The van der Waals surface area contributed by atoms with Crippen molar-refractivity contribution < 1.29 is 5.11 Å². The molecule has 4 nitrogen and oxygen atoms in total. The minimum absolute atomic E-state index is 0.526. The second-order valence-electron chi connectivity index (χ2n) is 5.48. The lowest BCUT2D eigenvalue weighted by Crippen LogP contribution is -2.39. The van der Waals surface area contributed by atoms with E-state index in [1.54, 1.807) is 0 Å². The van der Waals surface area contributed by atoms with E-state index < -0.39 is 5.60 Å². The van der Waals surface area contributed by atoms with Gasteiger partial charge in [-0.25, -0.2) is 4.98 Å². The minimum Gasteiger partial charge on any atom is -0.389 e. The second kappa shape index (κ2) is 6.07. The molecule has 1 aliphatic carbocycles. The van der Waals surface area contributed by atoms with Crippen LogP contribution in [0.3, 0.4) is 0 Å². The summed E-state index contributed by atoms with van der Waals surface area (Å²) in [7, 11) is 3.84. The summed E-state index contributed by atoms with van der Waals surface area (Å²) in [5, 5.41) is 14.1. The van der Waals surface area contributed by atoms with Crippen LogP contribution in [-0.4, -0.2) is 41.2 Å². The first-order valence-electron chi connectivity index (χ1n) is 6.76. The second-order valence-corrected chi connectivity index (χ2v) is 5.89. The molecule has 2 rings (SSSR count). The van der Waals surface area contributed by atoms with Crippen LogP contribution in [0.1, 0.15) is 31.4 Å². The van der Waals surface area contributed by atoms with E-state index in [1.807, 2.05) is 26.2 Å². The quantitative estimate of drug-likeness (QED) is 0.872. The predicted molar refractivity (Wildman–Crippen MR) is 78.5 cm³/mol. The average molecular weight is 284 g/mol. The van der Waals surface area contributed by atoms with E-state index in [0.29, 0.717) is 18.1 Å². The maximum atomic E-state index is 10.4. The summed E-state index contributed by atoms with van der Waals surface area (Å²) in [6.45, 7) is 1.32. The van der Waals surface area contributed by atoms with E-state index in [-0.39, 0.29) is 0 Å². The fraction of sp³-hybridized carbons (Fsp3) is 0.643. The van der Waals surface area contributed by atoms with Gasteiger partial charge in [-0.2, -0.15) is 0 Å². The van der Waals surface area contributed by atoms with Crippen molar-refractivity contribution >= 4 is 17.4 Å². The van der Waals surface area contributed by atoms with Crippen LogP contribution in [-0.2, 0) is 6.54 Å². The van der Waals surface area contributed by atoms with Crippen molar-refractivity contribution in [3.8, 4) is 0 Å². The van der Waals surface area contributed by atoms with Crippen molar-refractivity contribution in [1.82, 2.24) is 9.88 Å². The van der Waals surface area contributed by atoms with Gasteiger partial charge in [0.25, 0.3) is 0 Å². The standard InChI is InChI=1S/C14H22ClN3O/c1-16-13-6-5-11(15)12(17-13)9-18(2)10-14(19)7-3-4-8-14/h5-6,19H,3-4,7-10H2,1-2H3,(H,16,17). The van der Waals surface area contributed by atoms with Crippen molar-refractivity contribution in [1.29, 1.82) is 0 Å². The SMILES string of the molecule is CNc1ccc(Cl)c(CN(C)CC2(O)CCCC2)n1. The predicted octanol–water partition coefficient (Wildman–Crippen LogP) is 2.51. The Balaban J connectivity index is 2.00. The summed E-state index contributed by atoms with van der Waals surface area (Å²) in [5.41, 5.74) is 0.319. The molecule has 1 saturated carbocycles. The van der Waals surface area contributed by atoms with Crippen LogP contribution in [0, 0.1) is 0 Å². The van der Waals surface area contributed by atoms with Crippen LogP contribution < -0.4 is 5.32 Å². The zero-order valence-electron chi connectivity index (χ0n) is 11.6. The zero-order valence-corrected chi connectivity index (χ0v) is 12.4. The lowest BCUT2D eigenvalue weighted by molar-refractivity contribution is 0.0143. The first kappa shape index (κ1) is 14.6. The summed E-state index contributed by atoms with van der Waals surface area (Å²) >= 11 is 6.17.